The summed E-state index contributed by atoms with van der Waals surface area (Å²) in [5.41, 5.74) is 2.98. The van der Waals surface area contributed by atoms with Crippen LogP contribution < -0.4 is 10.2 Å². The van der Waals surface area contributed by atoms with Gasteiger partial charge in [-0.15, -0.1) is 0 Å². The van der Waals surface area contributed by atoms with Crippen molar-refractivity contribution in [1.82, 2.24) is 14.9 Å². The van der Waals surface area contributed by atoms with Crippen LogP contribution in [-0.4, -0.2) is 59.7 Å². The van der Waals surface area contributed by atoms with Gasteiger partial charge in [0.05, 0.1) is 28.0 Å². The number of fused-ring (bicyclic) bond motifs is 2. The second-order valence-electron chi connectivity index (χ2n) is 7.61. The number of likely N-dealkylation sites (N-methyl/N-ethyl adjacent to an activating group) is 1. The van der Waals surface area contributed by atoms with Crippen molar-refractivity contribution in [1.29, 1.82) is 5.41 Å². The Kier molecular flexibility index (Phi) is 4.09. The number of hydrogen-bond acceptors (Lipinski definition) is 5. The van der Waals surface area contributed by atoms with Gasteiger partial charge in [-0.25, -0.2) is 9.37 Å². The number of aromatic amines is 1. The second-order valence-corrected chi connectivity index (χ2v) is 7.61. The van der Waals surface area contributed by atoms with Crippen molar-refractivity contribution < 1.29 is 9.18 Å². The minimum absolute atomic E-state index is 0.0832. The fraction of sp³-hybridized carbons (Fsp3) is 0.286. The maximum absolute atomic E-state index is 14.3. The molecule has 3 aromatic rings. The fourth-order valence-electron chi connectivity index (χ4n) is 4.06. The first kappa shape index (κ1) is 17.8. The van der Waals surface area contributed by atoms with E-state index in [2.05, 4.69) is 32.1 Å². The minimum atomic E-state index is -0.973. The number of benzene rings is 2. The van der Waals surface area contributed by atoms with Crippen LogP contribution in [0.5, 0.6) is 0 Å². The van der Waals surface area contributed by atoms with Gasteiger partial charge in [-0.05, 0) is 37.4 Å². The number of carbonyl (C=O) groups excluding carboxylic acids is 1. The van der Waals surface area contributed by atoms with E-state index in [1.807, 2.05) is 18.2 Å². The summed E-state index contributed by atoms with van der Waals surface area (Å²) >= 11 is 0. The van der Waals surface area contributed by atoms with Crippen molar-refractivity contribution >= 4 is 34.0 Å². The number of H-pyrrole nitrogens is 1. The number of piperazine rings is 1. The SMILES string of the molecule is CN1CCN(c2ccc3nc(C4C(=N)c5c(F)cccc5NC4=O)[nH]c3c2)CC1. The molecule has 29 heavy (non-hydrogen) atoms. The quantitative estimate of drug-likeness (QED) is 0.625. The average molecular weight is 392 g/mol. The van der Waals surface area contributed by atoms with Crippen LogP contribution in [0.25, 0.3) is 11.0 Å². The summed E-state index contributed by atoms with van der Waals surface area (Å²) in [6.07, 6.45) is 0. The number of aromatic nitrogens is 2. The molecule has 3 heterocycles. The van der Waals surface area contributed by atoms with Gasteiger partial charge in [0.2, 0.25) is 5.91 Å². The summed E-state index contributed by atoms with van der Waals surface area (Å²) in [6.45, 7) is 3.93. The molecule has 1 aromatic heterocycles. The zero-order valence-electron chi connectivity index (χ0n) is 16.0. The third-order valence-corrected chi connectivity index (χ3v) is 5.72. The standard InChI is InChI=1S/C21H21FN6O/c1-27-7-9-28(10-8-27)12-5-6-14-16(11-12)25-20(24-14)18-19(23)17-13(22)3-2-4-15(17)26-21(18)29/h2-6,11,18,23H,7-10H2,1H3,(H,24,25)(H,26,29). The molecule has 5 rings (SSSR count). The first-order valence-electron chi connectivity index (χ1n) is 9.62. The van der Waals surface area contributed by atoms with Crippen LogP contribution in [-0.2, 0) is 4.79 Å². The maximum atomic E-state index is 14.3. The molecule has 0 aliphatic carbocycles. The van der Waals surface area contributed by atoms with Crippen LogP contribution in [0.4, 0.5) is 15.8 Å². The second kappa shape index (κ2) is 6.66. The van der Waals surface area contributed by atoms with Crippen molar-refractivity contribution in [3.8, 4) is 0 Å². The molecule has 1 amide bonds. The highest BCUT2D eigenvalue weighted by molar-refractivity contribution is 6.25. The Hall–Kier alpha value is -3.26. The van der Waals surface area contributed by atoms with Crippen molar-refractivity contribution in [2.24, 2.45) is 0 Å². The largest absolute Gasteiger partial charge is 0.369 e. The molecule has 0 spiro atoms. The predicted molar refractivity (Wildman–Crippen MR) is 110 cm³/mol. The zero-order chi connectivity index (χ0) is 20.1. The highest BCUT2D eigenvalue weighted by atomic mass is 19.1. The lowest BCUT2D eigenvalue weighted by atomic mass is 9.90. The molecule has 3 N–H and O–H groups in total. The molecule has 0 radical (unpaired) electrons. The van der Waals surface area contributed by atoms with Gasteiger partial charge >= 0.3 is 0 Å². The summed E-state index contributed by atoms with van der Waals surface area (Å²) in [7, 11) is 2.12. The number of amides is 1. The highest BCUT2D eigenvalue weighted by Crippen LogP contribution is 2.33. The third kappa shape index (κ3) is 2.96. The van der Waals surface area contributed by atoms with Crippen LogP contribution in [0, 0.1) is 11.2 Å². The summed E-state index contributed by atoms with van der Waals surface area (Å²) < 4.78 is 14.3. The van der Waals surface area contributed by atoms with Gasteiger partial charge in [0.1, 0.15) is 17.6 Å². The van der Waals surface area contributed by atoms with Gasteiger partial charge in [0.15, 0.2) is 0 Å². The molecule has 2 aliphatic heterocycles. The monoisotopic (exact) mass is 392 g/mol. The van der Waals surface area contributed by atoms with Gasteiger partial charge in [-0.3, -0.25) is 4.79 Å². The Bertz CT molecular complexity index is 1130. The molecule has 1 unspecified atom stereocenters. The van der Waals surface area contributed by atoms with E-state index in [4.69, 9.17) is 5.41 Å². The molecule has 0 bridgehead atoms. The molecule has 148 valence electrons. The maximum Gasteiger partial charge on any atom is 0.241 e. The van der Waals surface area contributed by atoms with E-state index in [1.54, 1.807) is 6.07 Å². The molecule has 2 aromatic carbocycles. The molecule has 0 saturated carbocycles. The van der Waals surface area contributed by atoms with Gasteiger partial charge in [0.25, 0.3) is 0 Å². The normalized spacial score (nSPS) is 20.1. The zero-order valence-corrected chi connectivity index (χ0v) is 16.0. The number of anilines is 2. The van der Waals surface area contributed by atoms with Crippen molar-refractivity contribution in [3.63, 3.8) is 0 Å². The van der Waals surface area contributed by atoms with Crippen LogP contribution in [0.2, 0.25) is 0 Å². The first-order valence-corrected chi connectivity index (χ1v) is 9.62. The molecule has 1 saturated heterocycles. The molecule has 1 atom stereocenters. The summed E-state index contributed by atoms with van der Waals surface area (Å²) in [4.78, 5) is 25.0. The van der Waals surface area contributed by atoms with Crippen molar-refractivity contribution in [2.75, 3.05) is 43.4 Å². The van der Waals surface area contributed by atoms with Gasteiger partial charge in [-0.1, -0.05) is 6.07 Å². The molecular formula is C21H21FN6O. The lowest BCUT2D eigenvalue weighted by molar-refractivity contribution is -0.116. The lowest BCUT2D eigenvalue weighted by Gasteiger charge is -2.34. The Balaban J connectivity index is 1.50. The number of imidazole rings is 1. The summed E-state index contributed by atoms with van der Waals surface area (Å²) in [6, 6.07) is 10.4. The third-order valence-electron chi connectivity index (χ3n) is 5.72. The van der Waals surface area contributed by atoms with Gasteiger partial charge in [0, 0.05) is 31.9 Å². The lowest BCUT2D eigenvalue weighted by Crippen LogP contribution is -2.44. The Morgan fingerprint density at radius 2 is 1.97 bits per heavy atom. The van der Waals surface area contributed by atoms with E-state index >= 15 is 0 Å². The molecule has 8 heteroatoms. The van der Waals surface area contributed by atoms with Crippen LogP contribution >= 0.6 is 0 Å². The van der Waals surface area contributed by atoms with Crippen molar-refractivity contribution in [3.05, 3.63) is 53.6 Å². The number of halogens is 1. The predicted octanol–water partition coefficient (Wildman–Crippen LogP) is 2.56. The molecular weight excluding hydrogens is 371 g/mol. The number of carbonyl (C=O) groups is 1. The number of hydrogen-bond donors (Lipinski definition) is 3. The van der Waals surface area contributed by atoms with E-state index in [9.17, 15) is 9.18 Å². The average Bonchev–Trinajstić information content (AvgIpc) is 3.11. The smallest absolute Gasteiger partial charge is 0.241 e. The van der Waals surface area contributed by atoms with E-state index < -0.39 is 11.7 Å². The van der Waals surface area contributed by atoms with Gasteiger partial charge < -0.3 is 25.5 Å². The number of rotatable bonds is 2. The first-order chi connectivity index (χ1) is 14.0. The van der Waals surface area contributed by atoms with E-state index in [0.717, 1.165) is 42.9 Å². The van der Waals surface area contributed by atoms with E-state index in [0.29, 0.717) is 11.5 Å². The molecule has 2 aliphatic rings. The topological polar surface area (TPSA) is 88.1 Å². The summed E-state index contributed by atoms with van der Waals surface area (Å²) in [5, 5.41) is 11.2. The molecule has 1 fully saturated rings. The number of nitrogens with one attached hydrogen (secondary N) is 3. The number of nitrogens with zero attached hydrogens (tertiary/aromatic N) is 3. The van der Waals surface area contributed by atoms with E-state index in [1.165, 1.54) is 12.1 Å². The highest BCUT2D eigenvalue weighted by Gasteiger charge is 2.36. The van der Waals surface area contributed by atoms with Gasteiger partial charge in [-0.2, -0.15) is 0 Å². The van der Waals surface area contributed by atoms with Crippen LogP contribution in [0.1, 0.15) is 17.3 Å². The van der Waals surface area contributed by atoms with Crippen LogP contribution in [0.15, 0.2) is 36.4 Å². The van der Waals surface area contributed by atoms with Crippen LogP contribution in [0.3, 0.4) is 0 Å². The molecule has 7 nitrogen and oxygen atoms in total. The Morgan fingerprint density at radius 1 is 1.17 bits per heavy atom. The fourth-order valence-corrected chi connectivity index (χ4v) is 4.06. The summed E-state index contributed by atoms with van der Waals surface area (Å²) in [5.74, 6) is -1.52. The Labute approximate surface area is 167 Å². The van der Waals surface area contributed by atoms with Crippen molar-refractivity contribution in [2.45, 2.75) is 5.92 Å². The minimum Gasteiger partial charge on any atom is -0.369 e. The van der Waals surface area contributed by atoms with E-state index in [-0.39, 0.29) is 17.2 Å². The Morgan fingerprint density at radius 3 is 2.76 bits per heavy atom.